The van der Waals surface area contributed by atoms with E-state index in [1.54, 1.807) is 0 Å². The van der Waals surface area contributed by atoms with Crippen molar-refractivity contribution in [1.29, 1.82) is 0 Å². The average Bonchev–Trinajstić information content (AvgIpc) is 2.99. The first kappa shape index (κ1) is 17.1. The molecule has 0 saturated heterocycles. The van der Waals surface area contributed by atoms with Gasteiger partial charge in [0, 0.05) is 35.3 Å². The van der Waals surface area contributed by atoms with E-state index in [4.69, 9.17) is 0 Å². The first-order valence-corrected chi connectivity index (χ1v) is 9.05. The van der Waals surface area contributed by atoms with E-state index in [-0.39, 0.29) is 16.2 Å². The molecule has 0 saturated carbocycles. The van der Waals surface area contributed by atoms with E-state index in [1.165, 1.54) is 28.1 Å². The van der Waals surface area contributed by atoms with Gasteiger partial charge in [-0.3, -0.25) is 0 Å². The predicted octanol–water partition coefficient (Wildman–Crippen LogP) is 4.92. The van der Waals surface area contributed by atoms with Crippen molar-refractivity contribution >= 4 is 11.4 Å². The van der Waals surface area contributed by atoms with Gasteiger partial charge in [0.05, 0.1) is 0 Å². The average molecular weight is 325 g/mol. The fourth-order valence-corrected chi connectivity index (χ4v) is 3.37. The molecule has 2 N–H and O–H groups in total. The zero-order valence-corrected chi connectivity index (χ0v) is 16.3. The largest absolute Gasteiger partial charge is 0.384 e. The second-order valence-electron chi connectivity index (χ2n) is 9.85. The molecule has 0 spiro atoms. The summed E-state index contributed by atoms with van der Waals surface area (Å²) in [6.45, 7) is 18.0. The molecule has 0 fully saturated rings. The Morgan fingerprint density at radius 3 is 1.46 bits per heavy atom. The van der Waals surface area contributed by atoms with Gasteiger partial charge in [-0.1, -0.05) is 60.6 Å². The van der Waals surface area contributed by atoms with Crippen LogP contribution < -0.4 is 10.6 Å². The van der Waals surface area contributed by atoms with Crippen LogP contribution in [0.1, 0.15) is 65.2 Å². The topological polar surface area (TPSA) is 24.1 Å². The van der Waals surface area contributed by atoms with Crippen LogP contribution in [0.2, 0.25) is 0 Å². The van der Waals surface area contributed by atoms with Crippen molar-refractivity contribution in [1.82, 2.24) is 10.6 Å². The van der Waals surface area contributed by atoms with Crippen LogP contribution in [0.25, 0.3) is 11.4 Å². The Balaban J connectivity index is 2.09. The van der Waals surface area contributed by atoms with Gasteiger partial charge in [0.2, 0.25) is 0 Å². The molecule has 1 aromatic rings. The molecule has 0 radical (unpaired) electrons. The molecule has 2 aliphatic heterocycles. The van der Waals surface area contributed by atoms with Gasteiger partial charge in [0.25, 0.3) is 0 Å². The minimum atomic E-state index is 0.133. The van der Waals surface area contributed by atoms with Gasteiger partial charge in [-0.25, -0.2) is 0 Å². The Morgan fingerprint density at radius 2 is 1.17 bits per heavy atom. The van der Waals surface area contributed by atoms with Gasteiger partial charge in [0.1, 0.15) is 0 Å². The lowest BCUT2D eigenvalue weighted by atomic mass is 9.84. The third-order valence-corrected chi connectivity index (χ3v) is 4.96. The minimum absolute atomic E-state index is 0.133. The van der Waals surface area contributed by atoms with Crippen molar-refractivity contribution < 1.29 is 0 Å². The van der Waals surface area contributed by atoms with Crippen LogP contribution in [0.3, 0.4) is 0 Å². The van der Waals surface area contributed by atoms with Crippen LogP contribution in [0, 0.1) is 10.8 Å². The quantitative estimate of drug-likeness (QED) is 0.806. The molecule has 0 bridgehead atoms. The molecule has 0 unspecified atom stereocenters. The highest BCUT2D eigenvalue weighted by Crippen LogP contribution is 2.35. The predicted molar refractivity (Wildman–Crippen MR) is 105 cm³/mol. The maximum Gasteiger partial charge on any atom is 0.0379 e. The van der Waals surface area contributed by atoms with Crippen molar-refractivity contribution in [3.8, 4) is 0 Å². The normalized spacial score (nSPS) is 21.8. The minimum Gasteiger partial charge on any atom is -0.384 e. The Hall–Kier alpha value is -1.70. The molecule has 2 aliphatic rings. The summed E-state index contributed by atoms with van der Waals surface area (Å²) in [5.74, 6) is 0. The molecule has 0 atom stereocenters. The van der Waals surface area contributed by atoms with Crippen LogP contribution in [0.4, 0.5) is 0 Å². The van der Waals surface area contributed by atoms with Gasteiger partial charge < -0.3 is 10.6 Å². The summed E-state index contributed by atoms with van der Waals surface area (Å²) < 4.78 is 0. The van der Waals surface area contributed by atoms with E-state index in [0.29, 0.717) is 0 Å². The number of hydrogen-bond acceptors (Lipinski definition) is 2. The zero-order chi connectivity index (χ0) is 17.8. The van der Waals surface area contributed by atoms with Crippen molar-refractivity contribution in [3.63, 3.8) is 0 Å². The highest BCUT2D eigenvalue weighted by Gasteiger charge is 2.27. The molecule has 24 heavy (non-hydrogen) atoms. The van der Waals surface area contributed by atoms with Crippen LogP contribution in [0.15, 0.2) is 30.4 Å². The van der Waals surface area contributed by atoms with E-state index in [9.17, 15) is 0 Å². The zero-order valence-electron chi connectivity index (χ0n) is 16.3. The summed E-state index contributed by atoms with van der Waals surface area (Å²) in [7, 11) is 0. The van der Waals surface area contributed by atoms with Crippen LogP contribution in [-0.4, -0.2) is 13.1 Å². The molecule has 2 heteroatoms. The summed E-state index contributed by atoms with van der Waals surface area (Å²) in [6, 6.07) is 7.03. The van der Waals surface area contributed by atoms with E-state index in [2.05, 4.69) is 89.5 Å². The lowest BCUT2D eigenvalue weighted by molar-refractivity contribution is 0.497. The third kappa shape index (κ3) is 3.53. The SMILES string of the molecule is CC1(C)C=C(c2cc(C3=CC(C)(C)CN3)cc(C(C)(C)C)c2)NC1. The Bertz CT molecular complexity index is 660. The van der Waals surface area contributed by atoms with Crippen LogP contribution >= 0.6 is 0 Å². The van der Waals surface area contributed by atoms with Gasteiger partial charge in [-0.2, -0.15) is 0 Å². The Labute approximate surface area is 147 Å². The monoisotopic (exact) mass is 324 g/mol. The summed E-state index contributed by atoms with van der Waals surface area (Å²) >= 11 is 0. The van der Waals surface area contributed by atoms with Crippen LogP contribution in [0.5, 0.6) is 0 Å². The van der Waals surface area contributed by atoms with E-state index < -0.39 is 0 Å². The molecular formula is C22H32N2. The van der Waals surface area contributed by atoms with Crippen molar-refractivity contribution in [2.75, 3.05) is 13.1 Å². The van der Waals surface area contributed by atoms with Gasteiger partial charge in [-0.05, 0) is 40.3 Å². The third-order valence-electron chi connectivity index (χ3n) is 4.96. The maximum absolute atomic E-state index is 3.60. The van der Waals surface area contributed by atoms with Gasteiger partial charge >= 0.3 is 0 Å². The second kappa shape index (κ2) is 5.40. The van der Waals surface area contributed by atoms with Crippen LogP contribution in [-0.2, 0) is 5.41 Å². The Morgan fingerprint density at radius 1 is 0.750 bits per heavy atom. The summed E-state index contributed by atoms with van der Waals surface area (Å²) in [5.41, 5.74) is 7.10. The number of nitrogens with one attached hydrogen (secondary N) is 2. The fraction of sp³-hybridized carbons (Fsp3) is 0.545. The smallest absolute Gasteiger partial charge is 0.0379 e. The number of rotatable bonds is 2. The summed E-state index contributed by atoms with van der Waals surface area (Å²) in [4.78, 5) is 0. The van der Waals surface area contributed by atoms with Crippen molar-refractivity contribution in [2.24, 2.45) is 10.8 Å². The molecule has 0 aromatic heterocycles. The molecule has 3 rings (SSSR count). The molecular weight excluding hydrogens is 292 g/mol. The highest BCUT2D eigenvalue weighted by atomic mass is 14.9. The fourth-order valence-electron chi connectivity index (χ4n) is 3.37. The summed E-state index contributed by atoms with van der Waals surface area (Å²) in [5, 5.41) is 7.19. The first-order valence-electron chi connectivity index (χ1n) is 9.05. The second-order valence-corrected chi connectivity index (χ2v) is 9.85. The number of hydrogen-bond donors (Lipinski definition) is 2. The maximum atomic E-state index is 3.60. The van der Waals surface area contributed by atoms with Gasteiger partial charge in [-0.15, -0.1) is 0 Å². The van der Waals surface area contributed by atoms with Gasteiger partial charge in [0.15, 0.2) is 0 Å². The highest BCUT2D eigenvalue weighted by molar-refractivity contribution is 5.74. The molecule has 2 heterocycles. The van der Waals surface area contributed by atoms with Crippen molar-refractivity contribution in [2.45, 2.75) is 53.9 Å². The number of benzene rings is 1. The molecule has 1 aromatic carbocycles. The standard InChI is InChI=1S/C22H32N2/c1-20(2,3)17-9-15(18-11-21(4,5)13-23-18)8-16(10-17)19-12-22(6,7)14-24-19/h8-12,23-24H,13-14H2,1-7H3. The summed E-state index contributed by atoms with van der Waals surface area (Å²) in [6.07, 6.45) is 4.75. The van der Waals surface area contributed by atoms with Crippen molar-refractivity contribution in [3.05, 3.63) is 47.0 Å². The lowest BCUT2D eigenvalue weighted by Crippen LogP contribution is -2.19. The molecule has 0 amide bonds. The molecule has 130 valence electrons. The van der Waals surface area contributed by atoms with E-state index in [1.807, 2.05) is 0 Å². The molecule has 0 aliphatic carbocycles. The first-order chi connectivity index (χ1) is 11.0. The van der Waals surface area contributed by atoms with E-state index >= 15 is 0 Å². The Kier molecular flexibility index (Phi) is 3.86. The lowest BCUT2D eigenvalue weighted by Gasteiger charge is -2.22. The van der Waals surface area contributed by atoms with E-state index in [0.717, 1.165) is 13.1 Å². The molecule has 2 nitrogen and oxygen atoms in total.